The number of amides is 1. The van der Waals surface area contributed by atoms with Gasteiger partial charge in [-0.2, -0.15) is 0 Å². The van der Waals surface area contributed by atoms with Crippen LogP contribution in [-0.2, 0) is 6.61 Å². The first kappa shape index (κ1) is 17.0. The SMILES string of the molecule is Cc1cc(COc2ccc(C(=O)N3CCN[C@H](C)C3)cc2Br)on1. The number of piperazine rings is 1. The fraction of sp³-hybridized carbons (Fsp3) is 0.412. The van der Waals surface area contributed by atoms with Crippen LogP contribution < -0.4 is 10.1 Å². The highest BCUT2D eigenvalue weighted by Crippen LogP contribution is 2.27. The molecule has 0 saturated carbocycles. The van der Waals surface area contributed by atoms with E-state index < -0.39 is 0 Å². The van der Waals surface area contributed by atoms with E-state index in [1.807, 2.05) is 17.9 Å². The van der Waals surface area contributed by atoms with E-state index in [1.54, 1.807) is 18.2 Å². The van der Waals surface area contributed by atoms with Crippen LogP contribution in [0.2, 0.25) is 0 Å². The number of ether oxygens (including phenoxy) is 1. The molecule has 1 amide bonds. The number of carbonyl (C=O) groups is 1. The molecule has 6 nitrogen and oxygen atoms in total. The summed E-state index contributed by atoms with van der Waals surface area (Å²) in [4.78, 5) is 14.5. The Morgan fingerprint density at radius 1 is 1.50 bits per heavy atom. The Morgan fingerprint density at radius 3 is 3.00 bits per heavy atom. The van der Waals surface area contributed by atoms with Gasteiger partial charge in [-0.05, 0) is 48.0 Å². The molecule has 1 saturated heterocycles. The average Bonchev–Trinajstić information content (AvgIpc) is 2.98. The van der Waals surface area contributed by atoms with E-state index in [0.717, 1.165) is 29.8 Å². The molecule has 1 aliphatic rings. The molecule has 0 aliphatic carbocycles. The number of hydrogen-bond acceptors (Lipinski definition) is 5. The fourth-order valence-electron chi connectivity index (χ4n) is 2.68. The van der Waals surface area contributed by atoms with Crippen molar-refractivity contribution in [3.05, 3.63) is 45.8 Å². The first-order valence-electron chi connectivity index (χ1n) is 7.90. The summed E-state index contributed by atoms with van der Waals surface area (Å²) in [7, 11) is 0. The zero-order chi connectivity index (χ0) is 17.1. The predicted octanol–water partition coefficient (Wildman–Crippen LogP) is 2.76. The first-order valence-corrected chi connectivity index (χ1v) is 8.69. The summed E-state index contributed by atoms with van der Waals surface area (Å²) in [6.07, 6.45) is 0. The number of benzene rings is 1. The number of rotatable bonds is 4. The number of aryl methyl sites for hydroxylation is 1. The molecule has 24 heavy (non-hydrogen) atoms. The van der Waals surface area contributed by atoms with Crippen molar-refractivity contribution in [2.24, 2.45) is 0 Å². The molecule has 2 heterocycles. The van der Waals surface area contributed by atoms with Gasteiger partial charge in [-0.15, -0.1) is 0 Å². The molecule has 7 heteroatoms. The van der Waals surface area contributed by atoms with Gasteiger partial charge in [0.05, 0.1) is 10.2 Å². The van der Waals surface area contributed by atoms with Gasteiger partial charge in [0.15, 0.2) is 5.76 Å². The normalized spacial score (nSPS) is 17.8. The highest BCUT2D eigenvalue weighted by Gasteiger charge is 2.22. The number of nitrogens with zero attached hydrogens (tertiary/aromatic N) is 2. The molecule has 1 aliphatic heterocycles. The quantitative estimate of drug-likeness (QED) is 0.864. The Kier molecular flexibility index (Phi) is 5.20. The topological polar surface area (TPSA) is 67.6 Å². The van der Waals surface area contributed by atoms with Crippen molar-refractivity contribution in [2.45, 2.75) is 26.5 Å². The van der Waals surface area contributed by atoms with Gasteiger partial charge in [-0.3, -0.25) is 4.79 Å². The lowest BCUT2D eigenvalue weighted by atomic mass is 10.1. The number of nitrogens with one attached hydrogen (secondary N) is 1. The van der Waals surface area contributed by atoms with Crippen LogP contribution in [-0.4, -0.2) is 41.6 Å². The van der Waals surface area contributed by atoms with Crippen LogP contribution in [0.5, 0.6) is 5.75 Å². The van der Waals surface area contributed by atoms with E-state index in [-0.39, 0.29) is 5.91 Å². The lowest BCUT2D eigenvalue weighted by molar-refractivity contribution is 0.0709. The maximum Gasteiger partial charge on any atom is 0.253 e. The summed E-state index contributed by atoms with van der Waals surface area (Å²) < 4.78 is 11.6. The van der Waals surface area contributed by atoms with E-state index in [0.29, 0.717) is 29.7 Å². The van der Waals surface area contributed by atoms with Gasteiger partial charge in [-0.25, -0.2) is 0 Å². The van der Waals surface area contributed by atoms with Crippen molar-refractivity contribution < 1.29 is 14.1 Å². The maximum atomic E-state index is 12.6. The molecular weight excluding hydrogens is 374 g/mol. The monoisotopic (exact) mass is 393 g/mol. The van der Waals surface area contributed by atoms with E-state index in [2.05, 4.69) is 33.3 Å². The van der Waals surface area contributed by atoms with Crippen molar-refractivity contribution in [2.75, 3.05) is 19.6 Å². The standard InChI is InChI=1S/C17H20BrN3O3/c1-11-7-14(24-20-11)10-23-16-4-3-13(8-15(16)18)17(22)21-6-5-19-12(2)9-21/h3-4,7-8,12,19H,5-6,9-10H2,1-2H3/t12-/m1/s1. The van der Waals surface area contributed by atoms with Gasteiger partial charge in [-0.1, -0.05) is 5.16 Å². The van der Waals surface area contributed by atoms with Gasteiger partial charge in [0.1, 0.15) is 12.4 Å². The molecule has 0 bridgehead atoms. The van der Waals surface area contributed by atoms with Crippen LogP contribution in [0.4, 0.5) is 0 Å². The van der Waals surface area contributed by atoms with Crippen LogP contribution >= 0.6 is 15.9 Å². The number of carbonyl (C=O) groups excluding carboxylic acids is 1. The number of aromatic nitrogens is 1. The third-order valence-corrected chi connectivity index (χ3v) is 4.50. The third-order valence-electron chi connectivity index (χ3n) is 3.88. The largest absolute Gasteiger partial charge is 0.484 e. The van der Waals surface area contributed by atoms with E-state index in [1.165, 1.54) is 0 Å². The fourth-order valence-corrected chi connectivity index (χ4v) is 3.18. The van der Waals surface area contributed by atoms with Crippen molar-refractivity contribution in [1.82, 2.24) is 15.4 Å². The summed E-state index contributed by atoms with van der Waals surface area (Å²) in [5, 5.41) is 7.16. The summed E-state index contributed by atoms with van der Waals surface area (Å²) in [6.45, 7) is 6.51. The lowest BCUT2D eigenvalue weighted by Gasteiger charge is -2.32. The van der Waals surface area contributed by atoms with E-state index >= 15 is 0 Å². The molecule has 1 atom stereocenters. The second-order valence-corrected chi connectivity index (χ2v) is 6.83. The molecule has 1 aromatic carbocycles. The van der Waals surface area contributed by atoms with Gasteiger partial charge in [0.25, 0.3) is 5.91 Å². The van der Waals surface area contributed by atoms with E-state index in [9.17, 15) is 4.79 Å². The molecular formula is C17H20BrN3O3. The average molecular weight is 394 g/mol. The van der Waals surface area contributed by atoms with Crippen LogP contribution in [0.15, 0.2) is 33.3 Å². The molecule has 1 aromatic heterocycles. The molecule has 2 aromatic rings. The Bertz CT molecular complexity index is 732. The third kappa shape index (κ3) is 3.96. The Balaban J connectivity index is 1.66. The molecule has 1 fully saturated rings. The Hall–Kier alpha value is -1.86. The summed E-state index contributed by atoms with van der Waals surface area (Å²) in [5.74, 6) is 1.37. The van der Waals surface area contributed by atoms with Gasteiger partial charge >= 0.3 is 0 Å². The number of hydrogen-bond donors (Lipinski definition) is 1. The van der Waals surface area contributed by atoms with Crippen LogP contribution in [0, 0.1) is 6.92 Å². The van der Waals surface area contributed by atoms with Gasteiger partial charge in [0.2, 0.25) is 0 Å². The maximum absolute atomic E-state index is 12.6. The van der Waals surface area contributed by atoms with Crippen LogP contribution in [0.3, 0.4) is 0 Å². The summed E-state index contributed by atoms with van der Waals surface area (Å²) >= 11 is 3.48. The Morgan fingerprint density at radius 2 is 2.33 bits per heavy atom. The molecule has 128 valence electrons. The number of halogens is 1. The zero-order valence-corrected chi connectivity index (χ0v) is 15.3. The highest BCUT2D eigenvalue weighted by molar-refractivity contribution is 9.10. The molecule has 0 unspecified atom stereocenters. The smallest absolute Gasteiger partial charge is 0.253 e. The molecule has 1 N–H and O–H groups in total. The molecule has 0 radical (unpaired) electrons. The van der Waals surface area contributed by atoms with Crippen molar-refractivity contribution >= 4 is 21.8 Å². The summed E-state index contributed by atoms with van der Waals surface area (Å²) in [6, 6.07) is 7.54. The van der Waals surface area contributed by atoms with Crippen molar-refractivity contribution in [3.8, 4) is 5.75 Å². The van der Waals surface area contributed by atoms with Gasteiger partial charge in [0, 0.05) is 37.3 Å². The first-order chi connectivity index (χ1) is 11.5. The van der Waals surface area contributed by atoms with Crippen LogP contribution in [0.1, 0.15) is 28.7 Å². The molecule has 0 spiro atoms. The minimum atomic E-state index is 0.0430. The van der Waals surface area contributed by atoms with Crippen LogP contribution in [0.25, 0.3) is 0 Å². The second kappa shape index (κ2) is 7.36. The highest BCUT2D eigenvalue weighted by atomic mass is 79.9. The summed E-state index contributed by atoms with van der Waals surface area (Å²) in [5.41, 5.74) is 1.47. The zero-order valence-electron chi connectivity index (χ0n) is 13.7. The second-order valence-electron chi connectivity index (χ2n) is 5.97. The Labute approximate surface area is 149 Å². The van der Waals surface area contributed by atoms with E-state index in [4.69, 9.17) is 9.26 Å². The predicted molar refractivity (Wildman–Crippen MR) is 93.1 cm³/mol. The lowest BCUT2D eigenvalue weighted by Crippen LogP contribution is -2.51. The van der Waals surface area contributed by atoms with Gasteiger partial charge < -0.3 is 19.5 Å². The molecule has 3 rings (SSSR count). The minimum Gasteiger partial charge on any atom is -0.484 e. The van der Waals surface area contributed by atoms with Crippen molar-refractivity contribution in [3.63, 3.8) is 0 Å². The van der Waals surface area contributed by atoms with Crippen molar-refractivity contribution in [1.29, 1.82) is 0 Å². The minimum absolute atomic E-state index is 0.0430.